The number of carbonyl (C=O) groups excluding carboxylic acids is 2. The van der Waals surface area contributed by atoms with E-state index in [9.17, 15) is 9.59 Å². The third-order valence-electron chi connectivity index (χ3n) is 5.55. The summed E-state index contributed by atoms with van der Waals surface area (Å²) in [6.45, 7) is 6.56. The van der Waals surface area contributed by atoms with Gasteiger partial charge in [0.1, 0.15) is 5.75 Å². The highest BCUT2D eigenvalue weighted by Crippen LogP contribution is 2.28. The summed E-state index contributed by atoms with van der Waals surface area (Å²) in [7, 11) is 0. The third kappa shape index (κ3) is 5.52. The molecule has 6 heteroatoms. The Morgan fingerprint density at radius 3 is 2.21 bits per heavy atom. The van der Waals surface area contributed by atoms with Gasteiger partial charge in [0, 0.05) is 37.3 Å². The molecule has 0 spiro atoms. The van der Waals surface area contributed by atoms with E-state index in [4.69, 9.17) is 4.74 Å². The number of hydrogen-bond acceptors (Lipinski definition) is 4. The van der Waals surface area contributed by atoms with Gasteiger partial charge in [-0.05, 0) is 56.3 Å². The largest absolute Gasteiger partial charge is 0.491 e. The van der Waals surface area contributed by atoms with E-state index in [2.05, 4.69) is 10.2 Å². The number of hydrogen-bond donors (Lipinski definition) is 1. The number of ether oxygens (including phenoxy) is 1. The molecule has 0 aromatic heterocycles. The maximum atomic E-state index is 12.9. The molecular formula is C27H29N3O3. The van der Waals surface area contributed by atoms with Crippen molar-refractivity contribution in [1.29, 1.82) is 0 Å². The first-order valence-corrected chi connectivity index (χ1v) is 11.3. The minimum atomic E-state index is -0.186. The highest BCUT2D eigenvalue weighted by molar-refractivity contribution is 6.06. The summed E-state index contributed by atoms with van der Waals surface area (Å²) in [5.41, 5.74) is 2.95. The lowest BCUT2D eigenvalue weighted by Gasteiger charge is -2.37. The molecule has 2 amide bonds. The number of nitrogens with zero attached hydrogens (tertiary/aromatic N) is 2. The molecule has 1 heterocycles. The fourth-order valence-electron chi connectivity index (χ4n) is 3.95. The second-order valence-corrected chi connectivity index (χ2v) is 8.31. The Kier molecular flexibility index (Phi) is 6.93. The van der Waals surface area contributed by atoms with Gasteiger partial charge < -0.3 is 19.9 Å². The lowest BCUT2D eigenvalue weighted by Crippen LogP contribution is -2.49. The van der Waals surface area contributed by atoms with Crippen molar-refractivity contribution in [1.82, 2.24) is 4.90 Å². The maximum absolute atomic E-state index is 12.9. The SMILES string of the molecule is CC(C)Oc1cccc(C(=O)Nc2ccccc2N2CCN(C(=O)c3ccccc3)CC2)c1. The van der Waals surface area contributed by atoms with Gasteiger partial charge in [0.2, 0.25) is 0 Å². The fraction of sp³-hybridized carbons (Fsp3) is 0.259. The molecule has 1 aliphatic heterocycles. The summed E-state index contributed by atoms with van der Waals surface area (Å²) < 4.78 is 5.72. The average Bonchev–Trinajstić information content (AvgIpc) is 2.84. The average molecular weight is 444 g/mol. The predicted molar refractivity (Wildman–Crippen MR) is 131 cm³/mol. The molecule has 1 N–H and O–H groups in total. The van der Waals surface area contributed by atoms with E-state index in [0.29, 0.717) is 43.1 Å². The van der Waals surface area contributed by atoms with E-state index < -0.39 is 0 Å². The molecule has 0 bridgehead atoms. The smallest absolute Gasteiger partial charge is 0.255 e. The molecule has 0 radical (unpaired) electrons. The van der Waals surface area contributed by atoms with Crippen LogP contribution < -0.4 is 15.0 Å². The number of rotatable bonds is 6. The summed E-state index contributed by atoms with van der Waals surface area (Å²) >= 11 is 0. The molecule has 3 aromatic carbocycles. The molecule has 0 aliphatic carbocycles. The molecule has 1 aliphatic rings. The molecule has 0 saturated carbocycles. The van der Waals surface area contributed by atoms with Crippen LogP contribution in [0.3, 0.4) is 0 Å². The molecule has 4 rings (SSSR count). The zero-order valence-corrected chi connectivity index (χ0v) is 19.0. The Morgan fingerprint density at radius 1 is 0.818 bits per heavy atom. The molecule has 6 nitrogen and oxygen atoms in total. The number of benzene rings is 3. The van der Waals surface area contributed by atoms with Gasteiger partial charge in [-0.1, -0.05) is 36.4 Å². The Balaban J connectivity index is 1.43. The van der Waals surface area contributed by atoms with Gasteiger partial charge in [0.15, 0.2) is 0 Å². The van der Waals surface area contributed by atoms with E-state index in [-0.39, 0.29) is 17.9 Å². The summed E-state index contributed by atoms with van der Waals surface area (Å²) in [6, 6.07) is 24.4. The van der Waals surface area contributed by atoms with Crippen LogP contribution in [-0.2, 0) is 0 Å². The lowest BCUT2D eigenvalue weighted by molar-refractivity contribution is 0.0746. The van der Waals surface area contributed by atoms with E-state index in [1.54, 1.807) is 12.1 Å². The van der Waals surface area contributed by atoms with Gasteiger partial charge >= 0.3 is 0 Å². The molecule has 170 valence electrons. The first-order valence-electron chi connectivity index (χ1n) is 11.3. The van der Waals surface area contributed by atoms with E-state index in [0.717, 1.165) is 11.4 Å². The highest BCUT2D eigenvalue weighted by atomic mass is 16.5. The van der Waals surface area contributed by atoms with Gasteiger partial charge in [-0.2, -0.15) is 0 Å². The van der Waals surface area contributed by atoms with E-state index in [1.807, 2.05) is 85.5 Å². The first kappa shape index (κ1) is 22.4. The topological polar surface area (TPSA) is 61.9 Å². The van der Waals surface area contributed by atoms with Crippen LogP contribution in [0.15, 0.2) is 78.9 Å². The molecule has 0 unspecified atom stereocenters. The number of amides is 2. The Labute approximate surface area is 194 Å². The molecule has 0 atom stereocenters. The van der Waals surface area contributed by atoms with Crippen LogP contribution in [0.4, 0.5) is 11.4 Å². The van der Waals surface area contributed by atoms with Crippen molar-refractivity contribution in [2.75, 3.05) is 36.4 Å². The minimum Gasteiger partial charge on any atom is -0.491 e. The predicted octanol–water partition coefficient (Wildman–Crippen LogP) is 4.69. The molecular weight excluding hydrogens is 414 g/mol. The van der Waals surface area contributed by atoms with Crippen LogP contribution in [0, 0.1) is 0 Å². The van der Waals surface area contributed by atoms with Crippen molar-refractivity contribution >= 4 is 23.2 Å². The van der Waals surface area contributed by atoms with Crippen molar-refractivity contribution in [3.63, 3.8) is 0 Å². The fourth-order valence-corrected chi connectivity index (χ4v) is 3.95. The zero-order valence-electron chi connectivity index (χ0n) is 19.0. The van der Waals surface area contributed by atoms with Crippen molar-refractivity contribution in [2.45, 2.75) is 20.0 Å². The van der Waals surface area contributed by atoms with Crippen LogP contribution in [-0.4, -0.2) is 49.0 Å². The Bertz CT molecular complexity index is 1110. The number of anilines is 2. The Hall–Kier alpha value is -3.80. The number of para-hydroxylation sites is 2. The zero-order chi connectivity index (χ0) is 23.2. The van der Waals surface area contributed by atoms with Crippen LogP contribution in [0.2, 0.25) is 0 Å². The summed E-state index contributed by atoms with van der Waals surface area (Å²) in [5, 5.41) is 3.05. The van der Waals surface area contributed by atoms with Gasteiger partial charge in [0.05, 0.1) is 17.5 Å². The van der Waals surface area contributed by atoms with Crippen LogP contribution >= 0.6 is 0 Å². The lowest BCUT2D eigenvalue weighted by atomic mass is 10.1. The number of piperazine rings is 1. The highest BCUT2D eigenvalue weighted by Gasteiger charge is 2.23. The number of nitrogens with one attached hydrogen (secondary N) is 1. The van der Waals surface area contributed by atoms with Crippen LogP contribution in [0.25, 0.3) is 0 Å². The Morgan fingerprint density at radius 2 is 1.48 bits per heavy atom. The molecule has 1 saturated heterocycles. The summed E-state index contributed by atoms with van der Waals surface area (Å²) in [6.07, 6.45) is 0.0384. The number of carbonyl (C=O) groups is 2. The summed E-state index contributed by atoms with van der Waals surface area (Å²) in [5.74, 6) is 0.542. The van der Waals surface area contributed by atoms with Gasteiger partial charge in [-0.15, -0.1) is 0 Å². The van der Waals surface area contributed by atoms with Crippen molar-refractivity contribution in [2.24, 2.45) is 0 Å². The first-order chi connectivity index (χ1) is 16.0. The molecule has 3 aromatic rings. The van der Waals surface area contributed by atoms with Crippen molar-refractivity contribution < 1.29 is 14.3 Å². The second-order valence-electron chi connectivity index (χ2n) is 8.31. The van der Waals surface area contributed by atoms with Crippen molar-refractivity contribution in [3.05, 3.63) is 90.0 Å². The minimum absolute atomic E-state index is 0.0384. The molecule has 33 heavy (non-hydrogen) atoms. The maximum Gasteiger partial charge on any atom is 0.255 e. The van der Waals surface area contributed by atoms with Gasteiger partial charge in [-0.25, -0.2) is 0 Å². The monoisotopic (exact) mass is 443 g/mol. The molecule has 1 fully saturated rings. The van der Waals surface area contributed by atoms with E-state index >= 15 is 0 Å². The second kappa shape index (κ2) is 10.2. The quantitative estimate of drug-likeness (QED) is 0.601. The van der Waals surface area contributed by atoms with Gasteiger partial charge in [0.25, 0.3) is 11.8 Å². The normalized spacial score (nSPS) is 13.7. The van der Waals surface area contributed by atoms with E-state index in [1.165, 1.54) is 0 Å². The standard InChI is InChI=1S/C27H29N3O3/c1-20(2)33-23-12-8-11-22(19-23)26(31)28-24-13-6-7-14-25(24)29-15-17-30(18-16-29)27(32)21-9-4-3-5-10-21/h3-14,19-20H,15-18H2,1-2H3,(H,28,31). The van der Waals surface area contributed by atoms with Crippen LogP contribution in [0.5, 0.6) is 5.75 Å². The van der Waals surface area contributed by atoms with Crippen molar-refractivity contribution in [3.8, 4) is 5.75 Å². The van der Waals surface area contributed by atoms with Gasteiger partial charge in [-0.3, -0.25) is 9.59 Å². The summed E-state index contributed by atoms with van der Waals surface area (Å²) in [4.78, 5) is 29.8. The third-order valence-corrected chi connectivity index (χ3v) is 5.55. The van der Waals surface area contributed by atoms with Crippen LogP contribution in [0.1, 0.15) is 34.6 Å².